The van der Waals surface area contributed by atoms with Crippen molar-refractivity contribution < 1.29 is 29.0 Å². The standard InChI is InChI=1S/C27H28ClN7O6/c1-27(11-12-34(15-27)26(40)41-2)14-21(24(37)30-20-7-3-17(4-8-20)25(38)39)31-23(36)10-5-18-13-19(28)6-9-22(18)35-16-29-32-33-35/h3-10,13,16,21H,11-12,14-15H2,1-2H3,(H,30,37)(H,31,36)(H,38,39)/b10-5+/t21-,27?/m0/s1. The van der Waals surface area contributed by atoms with Crippen molar-refractivity contribution in [2.75, 3.05) is 25.5 Å². The van der Waals surface area contributed by atoms with Gasteiger partial charge < -0.3 is 25.4 Å². The average molecular weight is 582 g/mol. The van der Waals surface area contributed by atoms with Gasteiger partial charge in [0, 0.05) is 35.4 Å². The van der Waals surface area contributed by atoms with Gasteiger partial charge in [-0.1, -0.05) is 18.5 Å². The number of halogens is 1. The molecule has 1 fully saturated rings. The molecule has 1 aliphatic heterocycles. The maximum Gasteiger partial charge on any atom is 0.409 e. The number of nitrogens with one attached hydrogen (secondary N) is 2. The fraction of sp³-hybridized carbons (Fsp3) is 0.296. The zero-order valence-corrected chi connectivity index (χ0v) is 23.0. The van der Waals surface area contributed by atoms with Crippen LogP contribution in [-0.4, -0.2) is 80.3 Å². The Morgan fingerprint density at radius 1 is 1.20 bits per heavy atom. The van der Waals surface area contributed by atoms with Crippen molar-refractivity contribution in [3.05, 3.63) is 71.0 Å². The van der Waals surface area contributed by atoms with E-state index in [1.807, 2.05) is 6.92 Å². The molecule has 0 aliphatic carbocycles. The van der Waals surface area contributed by atoms with Gasteiger partial charge in [0.2, 0.25) is 11.8 Å². The Morgan fingerprint density at radius 2 is 1.95 bits per heavy atom. The van der Waals surface area contributed by atoms with Gasteiger partial charge in [0.15, 0.2) is 0 Å². The summed E-state index contributed by atoms with van der Waals surface area (Å²) >= 11 is 6.16. The van der Waals surface area contributed by atoms with Gasteiger partial charge in [0.05, 0.1) is 18.4 Å². The lowest BCUT2D eigenvalue weighted by Crippen LogP contribution is -2.46. The SMILES string of the molecule is COC(=O)N1CCC(C)(C[C@H](NC(=O)/C=C/c2cc(Cl)ccc2-n2cnnn2)C(=O)Nc2ccc(C(=O)O)cc2)C1. The van der Waals surface area contributed by atoms with Crippen LogP contribution in [0.2, 0.25) is 5.02 Å². The summed E-state index contributed by atoms with van der Waals surface area (Å²) in [6, 6.07) is 9.71. The topological polar surface area (TPSA) is 169 Å². The first-order valence-electron chi connectivity index (χ1n) is 12.6. The normalized spacial score (nSPS) is 17.3. The Labute approximate surface area is 240 Å². The fourth-order valence-electron chi connectivity index (χ4n) is 4.63. The van der Waals surface area contributed by atoms with Crippen LogP contribution in [0.4, 0.5) is 10.5 Å². The minimum atomic E-state index is -1.09. The number of nitrogens with zero attached hydrogens (tertiary/aromatic N) is 5. The Bertz CT molecular complexity index is 1460. The van der Waals surface area contributed by atoms with Crippen LogP contribution >= 0.6 is 11.6 Å². The molecule has 3 N–H and O–H groups in total. The number of tetrazole rings is 1. The maximum absolute atomic E-state index is 13.4. The van der Waals surface area contributed by atoms with Gasteiger partial charge >= 0.3 is 12.1 Å². The molecule has 1 aromatic heterocycles. The summed E-state index contributed by atoms with van der Waals surface area (Å²) in [5, 5.41) is 26.2. The highest BCUT2D eigenvalue weighted by atomic mass is 35.5. The van der Waals surface area contributed by atoms with E-state index in [9.17, 15) is 19.2 Å². The van der Waals surface area contributed by atoms with Crippen molar-refractivity contribution in [1.82, 2.24) is 30.4 Å². The first-order valence-corrected chi connectivity index (χ1v) is 12.9. The van der Waals surface area contributed by atoms with E-state index in [0.29, 0.717) is 41.5 Å². The monoisotopic (exact) mass is 581 g/mol. The molecule has 0 bridgehead atoms. The highest BCUT2D eigenvalue weighted by Gasteiger charge is 2.40. The molecule has 2 heterocycles. The number of likely N-dealkylation sites (tertiary alicyclic amines) is 1. The number of benzene rings is 2. The average Bonchev–Trinajstić information content (AvgIpc) is 3.62. The number of hydrogen-bond acceptors (Lipinski definition) is 8. The third-order valence-electron chi connectivity index (χ3n) is 6.72. The van der Waals surface area contributed by atoms with E-state index in [4.69, 9.17) is 21.4 Å². The number of aromatic nitrogens is 4. The Morgan fingerprint density at radius 3 is 2.61 bits per heavy atom. The minimum Gasteiger partial charge on any atom is -0.478 e. The van der Waals surface area contributed by atoms with Crippen LogP contribution in [-0.2, 0) is 14.3 Å². The van der Waals surface area contributed by atoms with Crippen LogP contribution in [0.3, 0.4) is 0 Å². The third-order valence-corrected chi connectivity index (χ3v) is 6.95. The summed E-state index contributed by atoms with van der Waals surface area (Å²) in [5.74, 6) is -2.13. The number of hydrogen-bond donors (Lipinski definition) is 3. The number of methoxy groups -OCH3 is 1. The summed E-state index contributed by atoms with van der Waals surface area (Å²) in [6.07, 6.45) is 4.59. The Kier molecular flexibility index (Phi) is 8.97. The number of amides is 3. The predicted molar refractivity (Wildman–Crippen MR) is 148 cm³/mol. The summed E-state index contributed by atoms with van der Waals surface area (Å²) in [4.78, 5) is 51.2. The molecule has 214 valence electrons. The summed E-state index contributed by atoms with van der Waals surface area (Å²) in [7, 11) is 1.31. The van der Waals surface area contributed by atoms with Crippen molar-refractivity contribution in [3.63, 3.8) is 0 Å². The molecule has 3 amide bonds. The van der Waals surface area contributed by atoms with E-state index in [-0.39, 0.29) is 12.0 Å². The summed E-state index contributed by atoms with van der Waals surface area (Å²) in [6.45, 7) is 2.74. The van der Waals surface area contributed by atoms with Gasteiger partial charge in [-0.15, -0.1) is 5.10 Å². The van der Waals surface area contributed by atoms with E-state index < -0.39 is 35.3 Å². The van der Waals surface area contributed by atoms with Crippen molar-refractivity contribution in [1.29, 1.82) is 0 Å². The van der Waals surface area contributed by atoms with Gasteiger partial charge in [-0.05, 0) is 77.2 Å². The second kappa shape index (κ2) is 12.6. The first kappa shape index (κ1) is 29.2. The van der Waals surface area contributed by atoms with Gasteiger partial charge in [0.25, 0.3) is 0 Å². The van der Waals surface area contributed by atoms with Crippen molar-refractivity contribution >= 4 is 47.2 Å². The molecular formula is C27H28ClN7O6. The first-order chi connectivity index (χ1) is 19.6. The smallest absolute Gasteiger partial charge is 0.409 e. The molecule has 0 radical (unpaired) electrons. The molecule has 1 aliphatic rings. The number of carbonyl (C=O) groups is 4. The van der Waals surface area contributed by atoms with Crippen LogP contribution < -0.4 is 10.6 Å². The second-order valence-corrected chi connectivity index (χ2v) is 10.3. The Balaban J connectivity index is 1.53. The van der Waals surface area contributed by atoms with Crippen molar-refractivity contribution in [3.8, 4) is 5.69 Å². The van der Waals surface area contributed by atoms with Gasteiger partial charge in [-0.2, -0.15) is 4.68 Å². The number of carboxylic acids is 1. The van der Waals surface area contributed by atoms with Crippen LogP contribution in [0.5, 0.6) is 0 Å². The minimum absolute atomic E-state index is 0.0708. The maximum atomic E-state index is 13.4. The van der Waals surface area contributed by atoms with Crippen LogP contribution in [0, 0.1) is 5.41 Å². The molecule has 14 heteroatoms. The van der Waals surface area contributed by atoms with Crippen LogP contribution in [0.25, 0.3) is 11.8 Å². The molecule has 0 saturated carbocycles. The molecule has 0 spiro atoms. The van der Waals surface area contributed by atoms with E-state index in [0.717, 1.165) is 0 Å². The zero-order valence-electron chi connectivity index (χ0n) is 22.3. The number of aromatic carboxylic acids is 1. The second-order valence-electron chi connectivity index (χ2n) is 9.88. The molecule has 4 rings (SSSR count). The molecule has 3 aromatic rings. The fourth-order valence-corrected chi connectivity index (χ4v) is 4.81. The molecule has 1 unspecified atom stereocenters. The zero-order chi connectivity index (χ0) is 29.6. The lowest BCUT2D eigenvalue weighted by Gasteiger charge is -2.29. The number of rotatable bonds is 9. The number of carbonyl (C=O) groups excluding carboxylic acids is 3. The molecular weight excluding hydrogens is 554 g/mol. The van der Waals surface area contributed by atoms with E-state index in [1.54, 1.807) is 23.1 Å². The quantitative estimate of drug-likeness (QED) is 0.321. The van der Waals surface area contributed by atoms with Crippen molar-refractivity contribution in [2.24, 2.45) is 5.41 Å². The lowest BCUT2D eigenvalue weighted by atomic mass is 9.82. The van der Waals surface area contributed by atoms with E-state index >= 15 is 0 Å². The lowest BCUT2D eigenvalue weighted by molar-refractivity contribution is -0.124. The van der Waals surface area contributed by atoms with Gasteiger partial charge in [-0.3, -0.25) is 9.59 Å². The predicted octanol–water partition coefficient (Wildman–Crippen LogP) is 3.02. The molecule has 2 aromatic carbocycles. The number of ether oxygens (including phenoxy) is 1. The summed E-state index contributed by atoms with van der Waals surface area (Å²) < 4.78 is 6.26. The van der Waals surface area contributed by atoms with Crippen molar-refractivity contribution in [2.45, 2.75) is 25.8 Å². The largest absolute Gasteiger partial charge is 0.478 e. The van der Waals surface area contributed by atoms with Gasteiger partial charge in [0.1, 0.15) is 12.4 Å². The highest BCUT2D eigenvalue weighted by Crippen LogP contribution is 2.35. The van der Waals surface area contributed by atoms with E-state index in [1.165, 1.54) is 54.5 Å². The molecule has 1 saturated heterocycles. The summed E-state index contributed by atoms with van der Waals surface area (Å²) in [5.41, 5.74) is 1.11. The molecule has 2 atom stereocenters. The molecule has 13 nitrogen and oxygen atoms in total. The third kappa shape index (κ3) is 7.45. The van der Waals surface area contributed by atoms with Crippen LogP contribution in [0.1, 0.15) is 35.7 Å². The number of anilines is 1. The van der Waals surface area contributed by atoms with Gasteiger partial charge in [-0.25, -0.2) is 9.59 Å². The van der Waals surface area contributed by atoms with E-state index in [2.05, 4.69) is 26.2 Å². The Hall–Kier alpha value is -4.78. The van der Waals surface area contributed by atoms with Crippen LogP contribution in [0.15, 0.2) is 54.9 Å². The highest BCUT2D eigenvalue weighted by molar-refractivity contribution is 6.30. The number of carboxylic acid groups (broad SMARTS) is 1. The molecule has 41 heavy (non-hydrogen) atoms.